The highest BCUT2D eigenvalue weighted by Crippen LogP contribution is 2.52. The Morgan fingerprint density at radius 1 is 0.730 bits per heavy atom. The first-order chi connectivity index (χ1) is 18.0. The molecule has 0 bridgehead atoms. The number of benzene rings is 5. The second-order valence-corrected chi connectivity index (χ2v) is 10.4. The van der Waals surface area contributed by atoms with Gasteiger partial charge in [-0.15, -0.1) is 0 Å². The van der Waals surface area contributed by atoms with E-state index in [1.807, 2.05) is 12.1 Å². The number of hydrogen-bond donors (Lipinski definition) is 0. The molecule has 0 fully saturated rings. The van der Waals surface area contributed by atoms with E-state index < -0.39 is 0 Å². The molecule has 0 saturated carbocycles. The van der Waals surface area contributed by atoms with Crippen LogP contribution in [0.15, 0.2) is 96.7 Å². The van der Waals surface area contributed by atoms with Crippen LogP contribution in [-0.2, 0) is 5.41 Å². The summed E-state index contributed by atoms with van der Waals surface area (Å²) in [5.74, 6) is 0. The molecule has 2 nitrogen and oxygen atoms in total. The van der Waals surface area contributed by atoms with Crippen LogP contribution in [0.25, 0.3) is 66.2 Å². The number of hydrogen-bond acceptors (Lipinski definition) is 1. The molecule has 37 heavy (non-hydrogen) atoms. The van der Waals surface area contributed by atoms with Crippen molar-refractivity contribution in [3.63, 3.8) is 0 Å². The van der Waals surface area contributed by atoms with Crippen molar-refractivity contribution in [1.29, 1.82) is 5.26 Å². The average Bonchev–Trinajstić information content (AvgIpc) is 3.37. The summed E-state index contributed by atoms with van der Waals surface area (Å²) < 4.78 is 0. The molecule has 0 spiro atoms. The molecule has 0 N–H and O–H groups in total. The van der Waals surface area contributed by atoms with Gasteiger partial charge in [0.15, 0.2) is 0 Å². The molecule has 2 aliphatic carbocycles. The van der Waals surface area contributed by atoms with Crippen molar-refractivity contribution in [2.75, 3.05) is 0 Å². The van der Waals surface area contributed by atoms with Gasteiger partial charge in [0.1, 0.15) is 0 Å². The minimum absolute atomic E-state index is 0.0371. The zero-order chi connectivity index (χ0) is 25.3. The minimum Gasteiger partial charge on any atom is -0.227 e. The largest absolute Gasteiger partial charge is 0.262 e. The number of allylic oxidation sites excluding steroid dienone is 1. The molecule has 0 radical (unpaired) electrons. The molecule has 172 valence electrons. The standard InChI is InChI=1S/C35H22N2/c1-35(2)32-10-5-4-7-26(32)27-14-12-22(19-33(27)35)24-15-16-30-25-13-11-21(17-23(20-36)37-3)18-31(25)29-9-6-8-28(24)34(29)30/h4-19H,1-2H3/b23-17-. The average molecular weight is 471 g/mol. The number of nitrogens with zero attached hydrogens (tertiary/aromatic N) is 2. The van der Waals surface area contributed by atoms with Crippen LogP contribution < -0.4 is 0 Å². The van der Waals surface area contributed by atoms with Crippen molar-refractivity contribution in [1.82, 2.24) is 0 Å². The molecular formula is C35H22N2. The van der Waals surface area contributed by atoms with Crippen LogP contribution in [0.1, 0.15) is 30.5 Å². The van der Waals surface area contributed by atoms with Crippen LogP contribution in [0.2, 0.25) is 0 Å². The quantitative estimate of drug-likeness (QED) is 0.183. The zero-order valence-electron chi connectivity index (χ0n) is 20.6. The molecule has 0 aliphatic heterocycles. The summed E-state index contributed by atoms with van der Waals surface area (Å²) in [6, 6.07) is 34.9. The third-order valence-corrected chi connectivity index (χ3v) is 8.10. The smallest absolute Gasteiger partial charge is 0.227 e. The lowest BCUT2D eigenvalue weighted by atomic mass is 9.81. The zero-order valence-corrected chi connectivity index (χ0v) is 20.6. The van der Waals surface area contributed by atoms with Gasteiger partial charge in [0, 0.05) is 5.41 Å². The van der Waals surface area contributed by atoms with E-state index in [2.05, 4.69) is 104 Å². The molecule has 2 aliphatic rings. The van der Waals surface area contributed by atoms with Gasteiger partial charge in [-0.05, 0) is 90.2 Å². The maximum absolute atomic E-state index is 9.19. The van der Waals surface area contributed by atoms with Gasteiger partial charge in [-0.3, -0.25) is 0 Å². The van der Waals surface area contributed by atoms with Gasteiger partial charge in [-0.25, -0.2) is 10.1 Å². The second-order valence-electron chi connectivity index (χ2n) is 10.4. The Hall–Kier alpha value is -4.92. The van der Waals surface area contributed by atoms with E-state index in [-0.39, 0.29) is 11.1 Å². The summed E-state index contributed by atoms with van der Waals surface area (Å²) in [6.45, 7) is 11.9. The summed E-state index contributed by atoms with van der Waals surface area (Å²) in [7, 11) is 0. The van der Waals surface area contributed by atoms with Crippen LogP contribution in [0.3, 0.4) is 0 Å². The predicted molar refractivity (Wildman–Crippen MR) is 152 cm³/mol. The molecule has 0 heterocycles. The van der Waals surface area contributed by atoms with Crippen molar-refractivity contribution in [2.45, 2.75) is 19.3 Å². The third-order valence-electron chi connectivity index (χ3n) is 8.10. The highest BCUT2D eigenvalue weighted by molar-refractivity contribution is 6.18. The molecule has 0 amide bonds. The monoisotopic (exact) mass is 470 g/mol. The molecule has 0 atom stereocenters. The van der Waals surface area contributed by atoms with E-state index >= 15 is 0 Å². The normalized spacial score (nSPS) is 14.0. The van der Waals surface area contributed by atoms with Gasteiger partial charge in [0.25, 0.3) is 5.70 Å². The third kappa shape index (κ3) is 2.91. The van der Waals surface area contributed by atoms with Crippen LogP contribution >= 0.6 is 0 Å². The Balaban J connectivity index is 1.40. The SMILES string of the molecule is [C-]#[N+]/C(C#N)=C\c1ccc2c(c1)-c1cccc3c(-c4ccc5c(c4)C(C)(C)c4ccccc4-5)ccc-2c13. The summed E-state index contributed by atoms with van der Waals surface area (Å²) >= 11 is 0. The van der Waals surface area contributed by atoms with Crippen LogP contribution in [0.5, 0.6) is 0 Å². The Bertz CT molecular complexity index is 1910. The van der Waals surface area contributed by atoms with Gasteiger partial charge < -0.3 is 0 Å². The summed E-state index contributed by atoms with van der Waals surface area (Å²) in [5, 5.41) is 11.7. The highest BCUT2D eigenvalue weighted by Gasteiger charge is 2.35. The van der Waals surface area contributed by atoms with Crippen LogP contribution in [0.4, 0.5) is 0 Å². The van der Waals surface area contributed by atoms with Crippen molar-refractivity contribution in [3.8, 4) is 50.6 Å². The van der Waals surface area contributed by atoms with Gasteiger partial charge in [-0.1, -0.05) is 92.7 Å². The maximum atomic E-state index is 9.19. The minimum atomic E-state index is -0.0371. The molecule has 2 heteroatoms. The van der Waals surface area contributed by atoms with E-state index in [9.17, 15) is 5.26 Å². The fraction of sp³-hybridized carbons (Fsp3) is 0.0857. The first kappa shape index (κ1) is 21.4. The summed E-state index contributed by atoms with van der Waals surface area (Å²) in [4.78, 5) is 3.32. The molecular weight excluding hydrogens is 448 g/mol. The number of fused-ring (bicyclic) bond motifs is 6. The predicted octanol–water partition coefficient (Wildman–Crippen LogP) is 9.24. The van der Waals surface area contributed by atoms with Crippen molar-refractivity contribution in [2.24, 2.45) is 0 Å². The molecule has 7 rings (SSSR count). The van der Waals surface area contributed by atoms with Gasteiger partial charge >= 0.3 is 0 Å². The van der Waals surface area contributed by atoms with Gasteiger partial charge in [0.2, 0.25) is 0 Å². The molecule has 5 aromatic rings. The topological polar surface area (TPSA) is 28.1 Å². The van der Waals surface area contributed by atoms with Crippen molar-refractivity contribution >= 4 is 16.8 Å². The number of rotatable bonds is 2. The van der Waals surface area contributed by atoms with E-state index in [1.54, 1.807) is 6.08 Å². The van der Waals surface area contributed by atoms with Crippen molar-refractivity contribution in [3.05, 3.63) is 125 Å². The lowest BCUT2D eigenvalue weighted by Gasteiger charge is -2.22. The first-order valence-electron chi connectivity index (χ1n) is 12.5. The van der Waals surface area contributed by atoms with E-state index in [1.165, 1.54) is 60.8 Å². The summed E-state index contributed by atoms with van der Waals surface area (Å²) in [6.07, 6.45) is 1.66. The molecule has 5 aromatic carbocycles. The fourth-order valence-corrected chi connectivity index (χ4v) is 6.34. The van der Waals surface area contributed by atoms with Gasteiger partial charge in [-0.2, -0.15) is 0 Å². The van der Waals surface area contributed by atoms with Crippen LogP contribution in [-0.4, -0.2) is 0 Å². The Morgan fingerprint density at radius 2 is 1.43 bits per heavy atom. The summed E-state index contributed by atoms with van der Waals surface area (Å²) in [5.41, 5.74) is 13.6. The van der Waals surface area contributed by atoms with Crippen LogP contribution in [0, 0.1) is 17.9 Å². The maximum Gasteiger partial charge on any atom is 0.262 e. The lowest BCUT2D eigenvalue weighted by Crippen LogP contribution is -2.14. The highest BCUT2D eigenvalue weighted by atomic mass is 14.7. The molecule has 0 saturated heterocycles. The second kappa shape index (κ2) is 7.54. The Labute approximate surface area is 216 Å². The fourth-order valence-electron chi connectivity index (χ4n) is 6.34. The van der Waals surface area contributed by atoms with E-state index in [0.29, 0.717) is 0 Å². The van der Waals surface area contributed by atoms with Gasteiger partial charge in [0.05, 0.1) is 12.6 Å². The molecule has 0 aromatic heterocycles. The van der Waals surface area contributed by atoms with Crippen molar-refractivity contribution < 1.29 is 0 Å². The first-order valence-corrected chi connectivity index (χ1v) is 12.5. The van der Waals surface area contributed by atoms with E-state index in [0.717, 1.165) is 11.1 Å². The number of nitriles is 1. The molecule has 0 unspecified atom stereocenters. The Morgan fingerprint density at radius 3 is 2.27 bits per heavy atom. The lowest BCUT2D eigenvalue weighted by molar-refractivity contribution is 0.660. The van der Waals surface area contributed by atoms with E-state index in [4.69, 9.17) is 6.57 Å². The Kier molecular flexibility index (Phi) is 4.35.